The molecule has 18 nitrogen and oxygen atoms in total. The molecule has 9 N–H and O–H groups in total. The Morgan fingerprint density at radius 1 is 0.493 bits per heavy atom. The van der Waals surface area contributed by atoms with Crippen LogP contribution in [-0.2, 0) is 42.1 Å². The monoisotopic (exact) mass is 1010 g/mol. The van der Waals surface area contributed by atoms with Crippen LogP contribution in [-0.4, -0.2) is 151 Å². The molecule has 1 aliphatic carbocycles. The molecule has 0 bridgehead atoms. The number of rotatable bonds is 42. The van der Waals surface area contributed by atoms with Gasteiger partial charge in [-0.25, -0.2) is 4.57 Å². The Morgan fingerprint density at radius 3 is 1.29 bits per heavy atom. The van der Waals surface area contributed by atoms with Crippen LogP contribution in [0.5, 0.6) is 0 Å². The molecule has 1 aliphatic heterocycles. The molecule has 6 unspecified atom stereocenters. The molecule has 0 radical (unpaired) electrons. The second-order valence-electron chi connectivity index (χ2n) is 19.4. The summed E-state index contributed by atoms with van der Waals surface area (Å²) in [5.41, 5.74) is 0. The zero-order valence-electron chi connectivity index (χ0n) is 42.1. The van der Waals surface area contributed by atoms with E-state index in [-0.39, 0.29) is 12.8 Å². The van der Waals surface area contributed by atoms with Crippen molar-refractivity contribution in [2.24, 2.45) is 0 Å². The van der Waals surface area contributed by atoms with E-state index in [9.17, 15) is 59.9 Å². The summed E-state index contributed by atoms with van der Waals surface area (Å²) >= 11 is 0. The van der Waals surface area contributed by atoms with Gasteiger partial charge in [0, 0.05) is 12.8 Å². The molecule has 69 heavy (non-hydrogen) atoms. The highest BCUT2D eigenvalue weighted by molar-refractivity contribution is 7.47. The normalized spacial score (nSPS) is 27.5. The third-order valence-electron chi connectivity index (χ3n) is 13.3. The molecule has 2 rings (SSSR count). The number of esters is 2. The molecule has 0 aromatic rings. The van der Waals surface area contributed by atoms with E-state index in [0.29, 0.717) is 12.8 Å². The average molecular weight is 1020 g/mol. The van der Waals surface area contributed by atoms with Crippen LogP contribution in [0.2, 0.25) is 0 Å². The third kappa shape index (κ3) is 27.0. The van der Waals surface area contributed by atoms with Gasteiger partial charge >= 0.3 is 19.8 Å². The van der Waals surface area contributed by atoms with Crippen molar-refractivity contribution in [3.63, 3.8) is 0 Å². The second-order valence-corrected chi connectivity index (χ2v) is 20.8. The standard InChI is InChI=1S/C50H95O18P/c1-3-5-7-9-11-13-15-17-18-19-21-22-24-26-28-30-32-39(52)63-35-37(65-40(53)33-31-29-27-25-23-20-16-14-12-10-8-6-4-2)36-64-69(61,62)68-49-46(59)44(57)43(56)45(58)48(49)67-50-47(60)42(55)41(54)38(34-51)66-50/h37-38,41-51,54-60H,3-36H2,1-2H3,(H,61,62)/t37-,38?,41-,42?,43-,44?,45?,46?,47-,48-,49-,50-/m1/s1. The van der Waals surface area contributed by atoms with Crippen molar-refractivity contribution >= 4 is 19.8 Å². The summed E-state index contributed by atoms with van der Waals surface area (Å²) in [6.45, 7) is 2.26. The maximum absolute atomic E-state index is 13.4. The maximum atomic E-state index is 13.4. The Kier molecular flexibility index (Phi) is 35.4. The Morgan fingerprint density at radius 2 is 0.870 bits per heavy atom. The number of ether oxygens (including phenoxy) is 4. The van der Waals surface area contributed by atoms with Gasteiger partial charge in [0.25, 0.3) is 0 Å². The topological polar surface area (TPSA) is 289 Å². The van der Waals surface area contributed by atoms with Gasteiger partial charge in [-0.15, -0.1) is 0 Å². The lowest BCUT2D eigenvalue weighted by Gasteiger charge is -2.47. The van der Waals surface area contributed by atoms with Crippen molar-refractivity contribution in [3.8, 4) is 0 Å². The second kappa shape index (κ2) is 38.3. The minimum absolute atomic E-state index is 0.0397. The van der Waals surface area contributed by atoms with Crippen LogP contribution in [0.4, 0.5) is 0 Å². The highest BCUT2D eigenvalue weighted by Gasteiger charge is 2.55. The van der Waals surface area contributed by atoms with Crippen molar-refractivity contribution in [1.29, 1.82) is 0 Å². The Hall–Kier alpha value is -1.35. The fourth-order valence-corrected chi connectivity index (χ4v) is 9.85. The van der Waals surface area contributed by atoms with E-state index in [0.717, 1.165) is 51.4 Å². The van der Waals surface area contributed by atoms with Crippen LogP contribution in [0.3, 0.4) is 0 Å². The van der Waals surface area contributed by atoms with Crippen LogP contribution in [0, 0.1) is 0 Å². The molecule has 2 aliphatic rings. The molecule has 13 atom stereocenters. The summed E-state index contributed by atoms with van der Waals surface area (Å²) in [7, 11) is -5.37. The number of phosphoric acid groups is 1. The number of carbonyl (C=O) groups excluding carboxylic acids is 2. The number of hydrogen-bond acceptors (Lipinski definition) is 17. The van der Waals surface area contributed by atoms with Gasteiger partial charge in [-0.1, -0.05) is 187 Å². The molecule has 0 aromatic carbocycles. The largest absolute Gasteiger partial charge is 0.472 e. The maximum Gasteiger partial charge on any atom is 0.472 e. The molecule has 0 spiro atoms. The molecule has 1 heterocycles. The summed E-state index contributed by atoms with van der Waals surface area (Å²) in [6.07, 6.45) is 10.3. The first-order valence-electron chi connectivity index (χ1n) is 26.9. The predicted molar refractivity (Wildman–Crippen MR) is 259 cm³/mol. The fourth-order valence-electron chi connectivity index (χ4n) is 8.88. The fraction of sp³-hybridized carbons (Fsp3) is 0.960. The average Bonchev–Trinajstić information content (AvgIpc) is 3.33. The lowest BCUT2D eigenvalue weighted by atomic mass is 9.84. The van der Waals surface area contributed by atoms with Crippen LogP contribution < -0.4 is 0 Å². The first-order chi connectivity index (χ1) is 33.2. The van der Waals surface area contributed by atoms with Crippen molar-refractivity contribution in [3.05, 3.63) is 0 Å². The molecular weight excluding hydrogens is 920 g/mol. The van der Waals surface area contributed by atoms with Crippen molar-refractivity contribution in [2.75, 3.05) is 19.8 Å². The zero-order valence-corrected chi connectivity index (χ0v) is 43.0. The quantitative estimate of drug-likeness (QED) is 0.0174. The van der Waals surface area contributed by atoms with E-state index < -0.39 is 113 Å². The lowest BCUT2D eigenvalue weighted by molar-refractivity contribution is -0.338. The van der Waals surface area contributed by atoms with Crippen LogP contribution in [0.1, 0.15) is 213 Å². The summed E-state index contributed by atoms with van der Waals surface area (Å²) < 4.78 is 45.5. The molecule has 0 amide bonds. The summed E-state index contributed by atoms with van der Waals surface area (Å²) in [5, 5.41) is 83.0. The molecule has 19 heteroatoms. The van der Waals surface area contributed by atoms with E-state index in [1.807, 2.05) is 0 Å². The van der Waals surface area contributed by atoms with Gasteiger partial charge in [0.2, 0.25) is 0 Å². The van der Waals surface area contributed by atoms with E-state index in [1.165, 1.54) is 122 Å². The molecule has 408 valence electrons. The number of unbranched alkanes of at least 4 members (excludes halogenated alkanes) is 27. The van der Waals surface area contributed by atoms with Crippen LogP contribution in [0.15, 0.2) is 0 Å². The van der Waals surface area contributed by atoms with Crippen LogP contribution >= 0.6 is 7.82 Å². The number of aliphatic hydroxyl groups excluding tert-OH is 8. The van der Waals surface area contributed by atoms with E-state index >= 15 is 0 Å². The van der Waals surface area contributed by atoms with Gasteiger partial charge in [-0.2, -0.15) is 0 Å². The minimum atomic E-state index is -5.37. The summed E-state index contributed by atoms with van der Waals surface area (Å²) in [4.78, 5) is 36.6. The van der Waals surface area contributed by atoms with Gasteiger partial charge in [0.15, 0.2) is 12.4 Å². The van der Waals surface area contributed by atoms with E-state index in [2.05, 4.69) is 13.8 Å². The number of carbonyl (C=O) groups is 2. The highest BCUT2D eigenvalue weighted by Crippen LogP contribution is 2.48. The van der Waals surface area contributed by atoms with E-state index in [1.54, 1.807) is 0 Å². The SMILES string of the molecule is CCCCCCCCCCCCCCCCCCC(=O)OC[C@H](COP(=O)(O)O[C@@H]1C(O)C(O)[C@@H](O)C(O)[C@H]1O[C@H]1OC(CO)[C@@H](O)C(O)[C@H]1O)OC(=O)CCCCCCCCCCCCCCC. The Bertz CT molecular complexity index is 1340. The molecule has 1 saturated carbocycles. The van der Waals surface area contributed by atoms with Crippen LogP contribution in [0.25, 0.3) is 0 Å². The van der Waals surface area contributed by atoms with Gasteiger partial charge in [-0.05, 0) is 12.8 Å². The predicted octanol–water partition coefficient (Wildman–Crippen LogP) is 6.72. The summed E-state index contributed by atoms with van der Waals surface area (Å²) in [5.74, 6) is -1.20. The first-order valence-corrected chi connectivity index (χ1v) is 28.4. The van der Waals surface area contributed by atoms with Gasteiger partial charge < -0.3 is 64.7 Å². The summed E-state index contributed by atoms with van der Waals surface area (Å²) in [6, 6.07) is 0. The third-order valence-corrected chi connectivity index (χ3v) is 14.3. The lowest BCUT2D eigenvalue weighted by Crippen LogP contribution is -2.67. The number of aliphatic hydroxyl groups is 8. The van der Waals surface area contributed by atoms with Crippen molar-refractivity contribution in [1.82, 2.24) is 0 Å². The van der Waals surface area contributed by atoms with Crippen molar-refractivity contribution < 1.29 is 87.9 Å². The van der Waals surface area contributed by atoms with Gasteiger partial charge in [0.05, 0.1) is 13.2 Å². The smallest absolute Gasteiger partial charge is 0.462 e. The zero-order chi connectivity index (χ0) is 50.9. The molecule has 2 fully saturated rings. The van der Waals surface area contributed by atoms with Gasteiger partial charge in [-0.3, -0.25) is 18.6 Å². The van der Waals surface area contributed by atoms with E-state index in [4.69, 9.17) is 28.0 Å². The number of phosphoric ester groups is 1. The highest BCUT2D eigenvalue weighted by atomic mass is 31.2. The number of hydrogen-bond donors (Lipinski definition) is 9. The Labute approximate surface area is 412 Å². The molecular formula is C50H95O18P. The molecule has 0 aromatic heterocycles. The molecule has 1 saturated heterocycles. The Balaban J connectivity index is 1.91. The van der Waals surface area contributed by atoms with Crippen molar-refractivity contribution in [2.45, 2.75) is 286 Å². The first kappa shape index (κ1) is 63.8. The minimum Gasteiger partial charge on any atom is -0.462 e. The van der Waals surface area contributed by atoms with Gasteiger partial charge in [0.1, 0.15) is 67.6 Å².